The van der Waals surface area contributed by atoms with Crippen LogP contribution in [0.25, 0.3) is 0 Å². The van der Waals surface area contributed by atoms with Crippen molar-refractivity contribution in [2.45, 2.75) is 26.2 Å². The molecule has 1 amide bonds. The van der Waals surface area contributed by atoms with Crippen molar-refractivity contribution >= 4 is 11.7 Å². The molecular weight excluding hydrogens is 306 g/mol. The van der Waals surface area contributed by atoms with Crippen LogP contribution in [0.5, 0.6) is 0 Å². The zero-order chi connectivity index (χ0) is 17.4. The number of ether oxygens (including phenoxy) is 2. The number of rotatable bonds is 8. The Morgan fingerprint density at radius 3 is 2.58 bits per heavy atom. The summed E-state index contributed by atoms with van der Waals surface area (Å²) in [5.74, 6) is 1.60. The maximum Gasteiger partial charge on any atom is 0.225 e. The predicted octanol–water partition coefficient (Wildman–Crippen LogP) is 1.91. The van der Waals surface area contributed by atoms with Gasteiger partial charge in [-0.3, -0.25) is 4.79 Å². The molecule has 1 fully saturated rings. The zero-order valence-electron chi connectivity index (χ0n) is 15.0. The third kappa shape index (κ3) is 5.46. The van der Waals surface area contributed by atoms with Gasteiger partial charge in [0.1, 0.15) is 5.82 Å². The molecule has 134 valence electrons. The number of anilines is 1. The number of hydrogen-bond acceptors (Lipinski definition) is 5. The van der Waals surface area contributed by atoms with E-state index in [1.54, 1.807) is 7.11 Å². The molecule has 2 heterocycles. The molecule has 0 spiro atoms. The van der Waals surface area contributed by atoms with Gasteiger partial charge in [-0.05, 0) is 18.1 Å². The van der Waals surface area contributed by atoms with E-state index < -0.39 is 0 Å². The third-order valence-electron chi connectivity index (χ3n) is 4.20. The van der Waals surface area contributed by atoms with Crippen molar-refractivity contribution in [3.8, 4) is 0 Å². The van der Waals surface area contributed by atoms with Gasteiger partial charge >= 0.3 is 0 Å². The van der Waals surface area contributed by atoms with Crippen LogP contribution in [0.15, 0.2) is 18.2 Å². The van der Waals surface area contributed by atoms with E-state index in [1.807, 2.05) is 11.0 Å². The average molecular weight is 335 g/mol. The number of hydrogen-bond donors (Lipinski definition) is 0. The molecule has 1 aliphatic rings. The minimum Gasteiger partial charge on any atom is -0.382 e. The summed E-state index contributed by atoms with van der Waals surface area (Å²) in [5, 5.41) is 0. The highest BCUT2D eigenvalue weighted by atomic mass is 16.5. The van der Waals surface area contributed by atoms with Crippen molar-refractivity contribution in [3.05, 3.63) is 23.9 Å². The second-order valence-electron chi connectivity index (χ2n) is 6.30. The first-order valence-electron chi connectivity index (χ1n) is 8.68. The zero-order valence-corrected chi connectivity index (χ0v) is 15.0. The van der Waals surface area contributed by atoms with Gasteiger partial charge in [-0.2, -0.15) is 0 Å². The summed E-state index contributed by atoms with van der Waals surface area (Å²) in [6.07, 6.45) is 0.435. The smallest absolute Gasteiger partial charge is 0.225 e. The summed E-state index contributed by atoms with van der Waals surface area (Å²) in [6, 6.07) is 6.18. The molecule has 0 atom stereocenters. The van der Waals surface area contributed by atoms with E-state index in [4.69, 9.17) is 14.5 Å². The number of amides is 1. The van der Waals surface area contributed by atoms with Crippen LogP contribution in [0.1, 0.15) is 31.9 Å². The lowest BCUT2D eigenvalue weighted by atomic mass is 10.1. The lowest BCUT2D eigenvalue weighted by Gasteiger charge is -2.35. The fourth-order valence-electron chi connectivity index (χ4n) is 2.68. The molecule has 1 aliphatic heterocycles. The number of pyridine rings is 1. The summed E-state index contributed by atoms with van der Waals surface area (Å²) in [5.41, 5.74) is 1.11. The van der Waals surface area contributed by atoms with Crippen molar-refractivity contribution in [2.75, 3.05) is 58.0 Å². The molecule has 1 aromatic rings. The first-order valence-corrected chi connectivity index (χ1v) is 8.68. The Morgan fingerprint density at radius 1 is 1.17 bits per heavy atom. The quantitative estimate of drug-likeness (QED) is 0.679. The highest BCUT2D eigenvalue weighted by molar-refractivity contribution is 5.76. The van der Waals surface area contributed by atoms with E-state index in [0.29, 0.717) is 32.2 Å². The van der Waals surface area contributed by atoms with Gasteiger partial charge in [0.05, 0.1) is 26.2 Å². The molecule has 6 nitrogen and oxygen atoms in total. The lowest BCUT2D eigenvalue weighted by molar-refractivity contribution is -0.132. The average Bonchev–Trinajstić information content (AvgIpc) is 2.61. The van der Waals surface area contributed by atoms with E-state index in [-0.39, 0.29) is 5.91 Å². The van der Waals surface area contributed by atoms with E-state index in [1.165, 1.54) is 0 Å². The number of carbonyl (C=O) groups is 1. The number of carbonyl (C=O) groups excluding carboxylic acids is 1. The molecule has 0 unspecified atom stereocenters. The molecule has 0 aromatic carbocycles. The summed E-state index contributed by atoms with van der Waals surface area (Å²) < 4.78 is 10.3. The second kappa shape index (κ2) is 9.59. The fraction of sp³-hybridized carbons (Fsp3) is 0.667. The van der Waals surface area contributed by atoms with Gasteiger partial charge in [0, 0.05) is 39.0 Å². The van der Waals surface area contributed by atoms with Crippen molar-refractivity contribution in [1.82, 2.24) is 9.88 Å². The van der Waals surface area contributed by atoms with E-state index >= 15 is 0 Å². The van der Waals surface area contributed by atoms with Crippen LogP contribution in [0, 0.1) is 0 Å². The largest absolute Gasteiger partial charge is 0.382 e. The molecular formula is C18H29N3O3. The molecule has 0 N–H and O–H groups in total. The minimum atomic E-state index is 0.163. The Balaban J connectivity index is 1.76. The first kappa shape index (κ1) is 18.7. The highest BCUT2D eigenvalue weighted by Crippen LogP contribution is 2.18. The van der Waals surface area contributed by atoms with Crippen LogP contribution in [-0.2, 0) is 14.3 Å². The molecule has 1 aromatic heterocycles. The van der Waals surface area contributed by atoms with Crippen LogP contribution in [0.4, 0.5) is 5.82 Å². The van der Waals surface area contributed by atoms with Gasteiger partial charge in [0.2, 0.25) is 5.91 Å². The summed E-state index contributed by atoms with van der Waals surface area (Å²) in [7, 11) is 1.64. The Kier molecular flexibility index (Phi) is 7.46. The third-order valence-corrected chi connectivity index (χ3v) is 4.20. The van der Waals surface area contributed by atoms with Gasteiger partial charge < -0.3 is 19.3 Å². The molecule has 0 aliphatic carbocycles. The Hall–Kier alpha value is -1.66. The maximum atomic E-state index is 12.2. The van der Waals surface area contributed by atoms with Crippen LogP contribution >= 0.6 is 0 Å². The molecule has 0 radical (unpaired) electrons. The van der Waals surface area contributed by atoms with Gasteiger partial charge in [0.25, 0.3) is 0 Å². The highest BCUT2D eigenvalue weighted by Gasteiger charge is 2.21. The summed E-state index contributed by atoms with van der Waals surface area (Å²) in [4.78, 5) is 21.1. The summed E-state index contributed by atoms with van der Waals surface area (Å²) in [6.45, 7) is 8.99. The van der Waals surface area contributed by atoms with Crippen molar-refractivity contribution in [2.24, 2.45) is 0 Å². The monoisotopic (exact) mass is 335 g/mol. The van der Waals surface area contributed by atoms with Gasteiger partial charge in [-0.1, -0.05) is 19.9 Å². The molecule has 24 heavy (non-hydrogen) atoms. The van der Waals surface area contributed by atoms with Gasteiger partial charge in [-0.15, -0.1) is 0 Å². The van der Waals surface area contributed by atoms with E-state index in [9.17, 15) is 4.79 Å². The molecule has 0 saturated carbocycles. The van der Waals surface area contributed by atoms with E-state index in [0.717, 1.165) is 37.7 Å². The molecule has 0 bridgehead atoms. The van der Waals surface area contributed by atoms with Crippen LogP contribution in [0.2, 0.25) is 0 Å². The molecule has 1 saturated heterocycles. The SMILES string of the molecule is COCCOCCC(=O)N1CCN(c2cccc(C(C)C)n2)CC1. The first-order chi connectivity index (χ1) is 11.6. The number of methoxy groups -OCH3 is 1. The number of nitrogens with zero attached hydrogens (tertiary/aromatic N) is 3. The Bertz CT molecular complexity index is 514. The number of aromatic nitrogens is 1. The Labute approximate surface area is 144 Å². The predicted molar refractivity (Wildman–Crippen MR) is 94.4 cm³/mol. The molecule has 6 heteroatoms. The maximum absolute atomic E-state index is 12.2. The fourth-order valence-corrected chi connectivity index (χ4v) is 2.68. The number of piperazine rings is 1. The van der Waals surface area contributed by atoms with Crippen LogP contribution < -0.4 is 4.90 Å². The second-order valence-corrected chi connectivity index (χ2v) is 6.30. The van der Waals surface area contributed by atoms with Crippen LogP contribution in [0.3, 0.4) is 0 Å². The van der Waals surface area contributed by atoms with Crippen molar-refractivity contribution in [3.63, 3.8) is 0 Å². The topological polar surface area (TPSA) is 54.9 Å². The van der Waals surface area contributed by atoms with Crippen molar-refractivity contribution < 1.29 is 14.3 Å². The van der Waals surface area contributed by atoms with Crippen LogP contribution in [-0.4, -0.2) is 68.9 Å². The van der Waals surface area contributed by atoms with Crippen molar-refractivity contribution in [1.29, 1.82) is 0 Å². The Morgan fingerprint density at radius 2 is 1.92 bits per heavy atom. The van der Waals surface area contributed by atoms with E-state index in [2.05, 4.69) is 30.9 Å². The van der Waals surface area contributed by atoms with Gasteiger partial charge in [0.15, 0.2) is 0 Å². The minimum absolute atomic E-state index is 0.163. The molecule has 2 rings (SSSR count). The lowest BCUT2D eigenvalue weighted by Crippen LogP contribution is -2.49. The standard InChI is InChI=1S/C18H29N3O3/c1-15(2)16-5-4-6-17(19-16)20-8-10-21(11-9-20)18(22)7-12-24-14-13-23-3/h4-6,15H,7-14H2,1-3H3. The summed E-state index contributed by atoms with van der Waals surface area (Å²) >= 11 is 0. The normalized spacial score (nSPS) is 15.2. The van der Waals surface area contributed by atoms with Gasteiger partial charge in [-0.25, -0.2) is 4.98 Å².